The van der Waals surface area contributed by atoms with E-state index in [2.05, 4.69) is 20.2 Å². The Balaban J connectivity index is 1.76. The molecule has 0 saturated carbocycles. The molecule has 2 aromatic rings. The molecule has 0 aromatic carbocycles. The van der Waals surface area contributed by atoms with Gasteiger partial charge >= 0.3 is 0 Å². The van der Waals surface area contributed by atoms with Crippen LogP contribution >= 0.6 is 0 Å². The van der Waals surface area contributed by atoms with Crippen LogP contribution in [0.15, 0.2) is 24.8 Å². The van der Waals surface area contributed by atoms with E-state index in [-0.39, 0.29) is 5.91 Å². The van der Waals surface area contributed by atoms with Crippen LogP contribution in [0.2, 0.25) is 0 Å². The summed E-state index contributed by atoms with van der Waals surface area (Å²) in [6, 6.07) is 0. The summed E-state index contributed by atoms with van der Waals surface area (Å²) >= 11 is 0. The van der Waals surface area contributed by atoms with Gasteiger partial charge in [0.15, 0.2) is 0 Å². The molecule has 1 atom stereocenters. The number of H-pyrrole nitrogens is 1. The first-order chi connectivity index (χ1) is 9.75. The Hall–Kier alpha value is -2.24. The minimum absolute atomic E-state index is 0.0417. The van der Waals surface area contributed by atoms with Crippen LogP contribution in [0.3, 0.4) is 0 Å². The van der Waals surface area contributed by atoms with Crippen LogP contribution in [-0.4, -0.2) is 44.1 Å². The van der Waals surface area contributed by atoms with Crippen LogP contribution in [0.4, 0.5) is 0 Å². The van der Waals surface area contributed by atoms with Crippen molar-refractivity contribution in [3.05, 3.63) is 41.7 Å². The number of aryl methyl sites for hydroxylation is 1. The van der Waals surface area contributed by atoms with Crippen LogP contribution in [0.1, 0.15) is 40.5 Å². The predicted molar refractivity (Wildman–Crippen MR) is 73.2 cm³/mol. The number of carbonyl (C=O) groups excluding carboxylic acids is 1. The smallest absolute Gasteiger partial charge is 0.274 e. The second kappa shape index (κ2) is 5.40. The maximum atomic E-state index is 12.4. The minimum Gasteiger partial charge on any atom is -0.337 e. The lowest BCUT2D eigenvalue weighted by Gasteiger charge is -2.32. The van der Waals surface area contributed by atoms with Gasteiger partial charge in [0.05, 0.1) is 12.4 Å². The first kappa shape index (κ1) is 12.8. The van der Waals surface area contributed by atoms with E-state index in [1.54, 1.807) is 12.4 Å². The van der Waals surface area contributed by atoms with Gasteiger partial charge in [-0.1, -0.05) is 0 Å². The Morgan fingerprint density at radius 3 is 3.00 bits per heavy atom. The van der Waals surface area contributed by atoms with Gasteiger partial charge in [-0.3, -0.25) is 14.9 Å². The average molecular weight is 271 g/mol. The van der Waals surface area contributed by atoms with Gasteiger partial charge in [0, 0.05) is 37.1 Å². The monoisotopic (exact) mass is 271 g/mol. The van der Waals surface area contributed by atoms with Crippen molar-refractivity contribution in [2.75, 3.05) is 13.1 Å². The molecule has 6 nitrogen and oxygen atoms in total. The van der Waals surface area contributed by atoms with Crippen molar-refractivity contribution in [1.29, 1.82) is 0 Å². The number of piperidine rings is 1. The topological polar surface area (TPSA) is 74.8 Å². The zero-order chi connectivity index (χ0) is 13.9. The molecule has 3 heterocycles. The molecule has 0 bridgehead atoms. The number of aromatic amines is 1. The quantitative estimate of drug-likeness (QED) is 0.898. The SMILES string of the molecule is Cc1cn[nH]c1[C@H]1CCCN(C(=O)c2cnccn2)C1. The van der Waals surface area contributed by atoms with Crippen molar-refractivity contribution >= 4 is 5.91 Å². The maximum Gasteiger partial charge on any atom is 0.274 e. The summed E-state index contributed by atoms with van der Waals surface area (Å²) in [6.45, 7) is 3.53. The Morgan fingerprint density at radius 2 is 2.30 bits per heavy atom. The standard InChI is InChI=1S/C14H17N5O/c1-10-7-17-18-13(10)11-3-2-6-19(9-11)14(20)12-8-15-4-5-16-12/h4-5,7-8,11H,2-3,6,9H2,1H3,(H,17,18)/t11-/m0/s1. The van der Waals surface area contributed by atoms with E-state index >= 15 is 0 Å². The number of hydrogen-bond donors (Lipinski definition) is 1. The Labute approximate surface area is 117 Å². The normalized spacial score (nSPS) is 19.1. The Bertz CT molecular complexity index is 595. The van der Waals surface area contributed by atoms with Gasteiger partial charge in [0.1, 0.15) is 5.69 Å². The van der Waals surface area contributed by atoms with E-state index in [4.69, 9.17) is 0 Å². The summed E-state index contributed by atoms with van der Waals surface area (Å²) in [5, 5.41) is 7.13. The molecular formula is C14H17N5O. The van der Waals surface area contributed by atoms with Crippen molar-refractivity contribution in [2.24, 2.45) is 0 Å². The van der Waals surface area contributed by atoms with Gasteiger partial charge in [0.25, 0.3) is 5.91 Å². The molecule has 0 aliphatic carbocycles. The van der Waals surface area contributed by atoms with Gasteiger partial charge < -0.3 is 4.90 Å². The highest BCUT2D eigenvalue weighted by Gasteiger charge is 2.27. The second-order valence-corrected chi connectivity index (χ2v) is 5.15. The van der Waals surface area contributed by atoms with Crippen LogP contribution in [0.5, 0.6) is 0 Å². The van der Waals surface area contributed by atoms with Gasteiger partial charge in [-0.2, -0.15) is 5.10 Å². The van der Waals surface area contributed by atoms with E-state index in [9.17, 15) is 4.79 Å². The molecule has 0 spiro atoms. The van der Waals surface area contributed by atoms with Crippen molar-refractivity contribution in [1.82, 2.24) is 25.1 Å². The van der Waals surface area contributed by atoms with Gasteiger partial charge in [0.2, 0.25) is 0 Å². The highest BCUT2D eigenvalue weighted by molar-refractivity contribution is 5.92. The number of nitrogens with one attached hydrogen (secondary N) is 1. The maximum absolute atomic E-state index is 12.4. The molecule has 1 saturated heterocycles. The Kier molecular flexibility index (Phi) is 3.45. The largest absolute Gasteiger partial charge is 0.337 e. The lowest BCUT2D eigenvalue weighted by Crippen LogP contribution is -2.39. The number of carbonyl (C=O) groups is 1. The van der Waals surface area contributed by atoms with E-state index in [1.807, 2.05) is 18.0 Å². The molecule has 1 aliphatic rings. The average Bonchev–Trinajstić information content (AvgIpc) is 2.94. The highest BCUT2D eigenvalue weighted by atomic mass is 16.2. The van der Waals surface area contributed by atoms with Crippen LogP contribution < -0.4 is 0 Å². The number of amides is 1. The summed E-state index contributed by atoms with van der Waals surface area (Å²) in [6.07, 6.45) is 8.55. The summed E-state index contributed by atoms with van der Waals surface area (Å²) in [7, 11) is 0. The molecular weight excluding hydrogens is 254 g/mol. The number of nitrogens with zero attached hydrogens (tertiary/aromatic N) is 4. The number of aromatic nitrogens is 4. The van der Waals surface area contributed by atoms with Crippen LogP contribution in [0, 0.1) is 6.92 Å². The summed E-state index contributed by atoms with van der Waals surface area (Å²) in [5.74, 6) is 0.284. The van der Waals surface area contributed by atoms with E-state index < -0.39 is 0 Å². The van der Waals surface area contributed by atoms with Gasteiger partial charge in [-0.05, 0) is 25.3 Å². The fourth-order valence-corrected chi connectivity index (χ4v) is 2.74. The minimum atomic E-state index is -0.0417. The molecule has 6 heteroatoms. The third kappa shape index (κ3) is 2.41. The van der Waals surface area contributed by atoms with E-state index in [0.29, 0.717) is 18.2 Å². The lowest BCUT2D eigenvalue weighted by molar-refractivity contribution is 0.0699. The van der Waals surface area contributed by atoms with E-state index in [1.165, 1.54) is 6.20 Å². The Morgan fingerprint density at radius 1 is 1.40 bits per heavy atom. The molecule has 0 radical (unpaired) electrons. The van der Waals surface area contributed by atoms with Gasteiger partial charge in [-0.25, -0.2) is 4.98 Å². The highest BCUT2D eigenvalue weighted by Crippen LogP contribution is 2.27. The number of hydrogen-bond acceptors (Lipinski definition) is 4. The fourth-order valence-electron chi connectivity index (χ4n) is 2.74. The second-order valence-electron chi connectivity index (χ2n) is 5.15. The molecule has 104 valence electrons. The van der Waals surface area contributed by atoms with Crippen molar-refractivity contribution in [3.63, 3.8) is 0 Å². The lowest BCUT2D eigenvalue weighted by atomic mass is 9.93. The molecule has 1 amide bonds. The van der Waals surface area contributed by atoms with Gasteiger partial charge in [-0.15, -0.1) is 0 Å². The zero-order valence-corrected chi connectivity index (χ0v) is 11.4. The van der Waals surface area contributed by atoms with Crippen molar-refractivity contribution in [2.45, 2.75) is 25.7 Å². The molecule has 1 N–H and O–H groups in total. The molecule has 1 aliphatic heterocycles. The van der Waals surface area contributed by atoms with Crippen molar-refractivity contribution in [3.8, 4) is 0 Å². The third-order valence-electron chi connectivity index (χ3n) is 3.77. The fraction of sp³-hybridized carbons (Fsp3) is 0.429. The van der Waals surface area contributed by atoms with Crippen molar-refractivity contribution < 1.29 is 4.79 Å². The summed E-state index contributed by atoms with van der Waals surface area (Å²) in [4.78, 5) is 22.3. The number of likely N-dealkylation sites (tertiary alicyclic amines) is 1. The summed E-state index contributed by atoms with van der Waals surface area (Å²) in [5.41, 5.74) is 2.71. The zero-order valence-electron chi connectivity index (χ0n) is 11.4. The predicted octanol–water partition coefficient (Wildman–Crippen LogP) is 1.53. The molecule has 1 fully saturated rings. The van der Waals surface area contributed by atoms with Crippen LogP contribution in [-0.2, 0) is 0 Å². The van der Waals surface area contributed by atoms with E-state index in [0.717, 1.165) is 30.6 Å². The number of rotatable bonds is 2. The van der Waals surface area contributed by atoms with Crippen LogP contribution in [0.25, 0.3) is 0 Å². The first-order valence-electron chi connectivity index (χ1n) is 6.81. The first-order valence-corrected chi connectivity index (χ1v) is 6.81. The molecule has 3 rings (SSSR count). The molecule has 20 heavy (non-hydrogen) atoms. The third-order valence-corrected chi connectivity index (χ3v) is 3.77. The summed E-state index contributed by atoms with van der Waals surface area (Å²) < 4.78 is 0. The molecule has 0 unspecified atom stereocenters. The molecule has 2 aromatic heterocycles.